The van der Waals surface area contributed by atoms with Gasteiger partial charge in [0, 0.05) is 24.2 Å². The fraction of sp³-hybridized carbons (Fsp3) is 0.250. The largest absolute Gasteiger partial charge is 0.475 e. The molecule has 3 N–H and O–H groups in total. The third-order valence-electron chi connectivity index (χ3n) is 5.10. The van der Waals surface area contributed by atoms with Crippen LogP contribution in [0.5, 0.6) is 5.88 Å². The van der Waals surface area contributed by atoms with Crippen LogP contribution < -0.4 is 15.8 Å². The predicted octanol–water partition coefficient (Wildman–Crippen LogP) is 2.79. The summed E-state index contributed by atoms with van der Waals surface area (Å²) in [7, 11) is 2.85. The highest BCUT2D eigenvalue weighted by Crippen LogP contribution is 2.43. The average Bonchev–Trinajstić information content (AvgIpc) is 3.47. The van der Waals surface area contributed by atoms with E-state index < -0.39 is 41.1 Å². The number of pyridine rings is 1. The lowest BCUT2D eigenvalue weighted by Crippen LogP contribution is -2.21. The number of halogens is 2. The predicted molar refractivity (Wildman–Crippen MR) is 124 cm³/mol. The summed E-state index contributed by atoms with van der Waals surface area (Å²) < 4.78 is 34.6. The van der Waals surface area contributed by atoms with E-state index in [0.717, 1.165) is 22.2 Å². The topological polar surface area (TPSA) is 173 Å². The van der Waals surface area contributed by atoms with Crippen molar-refractivity contribution < 1.29 is 28.0 Å². The molecule has 4 rings (SSSR count). The van der Waals surface area contributed by atoms with Gasteiger partial charge in [0.05, 0.1) is 23.4 Å². The number of aromatic nitrogens is 5. The summed E-state index contributed by atoms with van der Waals surface area (Å²) in [5.41, 5.74) is 5.82. The number of nitrogens with zero attached hydrogens (tertiary/aromatic N) is 6. The van der Waals surface area contributed by atoms with Crippen molar-refractivity contribution in [3.05, 3.63) is 44.8 Å². The fourth-order valence-electron chi connectivity index (χ4n) is 3.67. The maximum absolute atomic E-state index is 13.6. The molecule has 0 aliphatic rings. The van der Waals surface area contributed by atoms with Gasteiger partial charge in [0.15, 0.2) is 0 Å². The van der Waals surface area contributed by atoms with Crippen molar-refractivity contribution in [3.63, 3.8) is 0 Å². The second kappa shape index (κ2) is 9.29. The van der Waals surface area contributed by atoms with E-state index in [4.69, 9.17) is 10.5 Å². The Morgan fingerprint density at radius 1 is 1.31 bits per heavy atom. The number of nitrogens with one attached hydrogen (secondary N) is 1. The van der Waals surface area contributed by atoms with Crippen molar-refractivity contribution in [3.8, 4) is 17.0 Å². The number of aryl methyl sites for hydroxylation is 2. The molecule has 0 radical (unpaired) electrons. The van der Waals surface area contributed by atoms with Gasteiger partial charge in [0.1, 0.15) is 28.1 Å². The Labute approximate surface area is 204 Å². The van der Waals surface area contributed by atoms with Gasteiger partial charge in [-0.25, -0.2) is 13.8 Å². The molecule has 4 heterocycles. The van der Waals surface area contributed by atoms with Gasteiger partial charge in [-0.3, -0.25) is 29.1 Å². The summed E-state index contributed by atoms with van der Waals surface area (Å²) in [5, 5.41) is 22.0. The SMILES string of the molecule is COc1nn(CC(=O)Nc2c(C(N)=O)sc3nc(C(F)F)cc(-c4cn(C)nc4C)c23)cc1[N+](=O)[O-]. The first-order valence-corrected chi connectivity index (χ1v) is 10.9. The molecule has 188 valence electrons. The molecule has 36 heavy (non-hydrogen) atoms. The minimum Gasteiger partial charge on any atom is -0.475 e. The summed E-state index contributed by atoms with van der Waals surface area (Å²) >= 11 is 0.755. The van der Waals surface area contributed by atoms with Crippen molar-refractivity contribution >= 4 is 44.7 Å². The molecular weight excluding hydrogens is 502 g/mol. The van der Waals surface area contributed by atoms with E-state index in [-0.39, 0.29) is 32.2 Å². The van der Waals surface area contributed by atoms with Crippen LogP contribution >= 0.6 is 11.3 Å². The van der Waals surface area contributed by atoms with Crippen LogP contribution in [0.15, 0.2) is 18.5 Å². The molecule has 2 amide bonds. The molecule has 0 atom stereocenters. The molecular formula is C20H18F2N8O5S. The number of hydrogen-bond acceptors (Lipinski definition) is 9. The molecule has 0 spiro atoms. The van der Waals surface area contributed by atoms with Crippen molar-refractivity contribution in [2.75, 3.05) is 12.4 Å². The van der Waals surface area contributed by atoms with Gasteiger partial charge in [-0.2, -0.15) is 5.10 Å². The van der Waals surface area contributed by atoms with Gasteiger partial charge in [0.2, 0.25) is 5.91 Å². The van der Waals surface area contributed by atoms with Crippen LogP contribution in [0.25, 0.3) is 21.3 Å². The second-order valence-electron chi connectivity index (χ2n) is 7.57. The molecule has 0 aliphatic carbocycles. The number of primary amides is 1. The molecule has 0 aliphatic heterocycles. The summed E-state index contributed by atoms with van der Waals surface area (Å²) in [4.78, 5) is 39.4. The highest BCUT2D eigenvalue weighted by molar-refractivity contribution is 7.21. The highest BCUT2D eigenvalue weighted by Gasteiger charge is 2.27. The van der Waals surface area contributed by atoms with Gasteiger partial charge in [-0.15, -0.1) is 16.4 Å². The second-order valence-corrected chi connectivity index (χ2v) is 8.57. The van der Waals surface area contributed by atoms with Crippen molar-refractivity contribution in [2.45, 2.75) is 19.9 Å². The minimum atomic E-state index is -2.90. The van der Waals surface area contributed by atoms with Crippen LogP contribution in [-0.4, -0.2) is 48.4 Å². The number of nitro groups is 1. The van der Waals surface area contributed by atoms with E-state index in [0.29, 0.717) is 11.3 Å². The molecule has 4 aromatic heterocycles. The number of nitrogens with two attached hydrogens (primary N) is 1. The monoisotopic (exact) mass is 520 g/mol. The number of amides is 2. The third-order valence-corrected chi connectivity index (χ3v) is 6.20. The first-order chi connectivity index (χ1) is 17.0. The van der Waals surface area contributed by atoms with Crippen LogP contribution in [-0.2, 0) is 18.4 Å². The van der Waals surface area contributed by atoms with Crippen LogP contribution in [0.4, 0.5) is 20.2 Å². The number of methoxy groups -OCH3 is 1. The average molecular weight is 520 g/mol. The van der Waals surface area contributed by atoms with E-state index in [1.54, 1.807) is 20.2 Å². The number of carbonyl (C=O) groups excluding carboxylic acids is 2. The lowest BCUT2D eigenvalue weighted by Gasteiger charge is -2.10. The number of thiophene rings is 1. The molecule has 0 saturated carbocycles. The summed E-state index contributed by atoms with van der Waals surface area (Å²) in [6.07, 6.45) is -0.269. The zero-order chi connectivity index (χ0) is 26.3. The number of hydrogen-bond donors (Lipinski definition) is 2. The number of alkyl halides is 2. The highest BCUT2D eigenvalue weighted by atomic mass is 32.1. The normalized spacial score (nSPS) is 11.3. The Kier molecular flexibility index (Phi) is 6.36. The molecule has 16 heteroatoms. The number of carbonyl (C=O) groups is 2. The van der Waals surface area contributed by atoms with E-state index >= 15 is 0 Å². The van der Waals surface area contributed by atoms with Gasteiger partial charge >= 0.3 is 11.6 Å². The Hall–Kier alpha value is -4.47. The van der Waals surface area contributed by atoms with Crippen molar-refractivity contribution in [1.29, 1.82) is 0 Å². The van der Waals surface area contributed by atoms with Crippen molar-refractivity contribution in [1.82, 2.24) is 24.5 Å². The van der Waals surface area contributed by atoms with Crippen LogP contribution in [0.3, 0.4) is 0 Å². The number of rotatable bonds is 8. The standard InChI is InChI=1S/C20H18F2N8O5S/c1-8-10(5-28(2)26-8)9-4-11(17(21)22)24-20-14(9)15(16(36-20)18(23)32)25-13(31)7-29-6-12(30(33)34)19(27-29)35-3/h4-6,17H,7H2,1-3H3,(H2,23,32)(H,25,31). The van der Waals surface area contributed by atoms with E-state index in [2.05, 4.69) is 20.5 Å². The van der Waals surface area contributed by atoms with E-state index in [1.807, 2.05) is 0 Å². The fourth-order valence-corrected chi connectivity index (χ4v) is 4.68. The van der Waals surface area contributed by atoms with Crippen LogP contribution in [0.2, 0.25) is 0 Å². The van der Waals surface area contributed by atoms with Gasteiger partial charge in [0.25, 0.3) is 12.3 Å². The quantitative estimate of drug-likeness (QED) is 0.263. The van der Waals surface area contributed by atoms with Crippen LogP contribution in [0, 0.1) is 17.0 Å². The summed E-state index contributed by atoms with van der Waals surface area (Å²) in [6.45, 7) is 1.20. The zero-order valence-electron chi connectivity index (χ0n) is 19.0. The maximum atomic E-state index is 13.6. The van der Waals surface area contributed by atoms with E-state index in [1.165, 1.54) is 17.9 Å². The Morgan fingerprint density at radius 2 is 2.03 bits per heavy atom. The number of ether oxygens (including phenoxy) is 1. The van der Waals surface area contributed by atoms with E-state index in [9.17, 15) is 28.5 Å². The lowest BCUT2D eigenvalue weighted by atomic mass is 10.0. The maximum Gasteiger partial charge on any atom is 0.350 e. The molecule has 0 aromatic carbocycles. The van der Waals surface area contributed by atoms with Gasteiger partial charge < -0.3 is 15.8 Å². The first-order valence-electron chi connectivity index (χ1n) is 10.1. The molecule has 0 saturated heterocycles. The summed E-state index contributed by atoms with van der Waals surface area (Å²) in [6, 6.07) is 1.17. The molecule has 0 bridgehead atoms. The zero-order valence-corrected chi connectivity index (χ0v) is 19.8. The Bertz CT molecular complexity index is 1530. The number of fused-ring (bicyclic) bond motifs is 1. The smallest absolute Gasteiger partial charge is 0.350 e. The summed E-state index contributed by atoms with van der Waals surface area (Å²) in [5.74, 6) is -1.91. The molecule has 13 nitrogen and oxygen atoms in total. The third kappa shape index (κ3) is 4.45. The van der Waals surface area contributed by atoms with Crippen LogP contribution in [0.1, 0.15) is 27.5 Å². The minimum absolute atomic E-state index is 0.0207. The Balaban J connectivity index is 1.83. The van der Waals surface area contributed by atoms with Gasteiger partial charge in [-0.1, -0.05) is 0 Å². The first kappa shape index (κ1) is 24.6. The van der Waals surface area contributed by atoms with Gasteiger partial charge in [-0.05, 0) is 18.6 Å². The van der Waals surface area contributed by atoms with Crippen molar-refractivity contribution in [2.24, 2.45) is 12.8 Å². The molecule has 4 aromatic rings. The number of anilines is 1. The molecule has 0 fully saturated rings. The Morgan fingerprint density at radius 3 is 2.56 bits per heavy atom. The lowest BCUT2D eigenvalue weighted by molar-refractivity contribution is -0.385. The molecule has 0 unspecified atom stereocenters.